The normalized spacial score (nSPS) is 11.0. The number of nitrogens with zero attached hydrogens (tertiary/aromatic N) is 3. The van der Waals surface area contributed by atoms with Crippen molar-refractivity contribution in [2.24, 2.45) is 5.10 Å². The summed E-state index contributed by atoms with van der Waals surface area (Å²) in [6.07, 6.45) is 4.26. The van der Waals surface area contributed by atoms with Gasteiger partial charge in [0.05, 0.1) is 31.3 Å². The Bertz CT molecular complexity index is 1200. The Morgan fingerprint density at radius 2 is 1.56 bits per heavy atom. The molecule has 0 aliphatic carbocycles. The molecule has 0 radical (unpaired) electrons. The number of benzene rings is 3. The van der Waals surface area contributed by atoms with E-state index >= 15 is 0 Å². The number of rotatable bonds is 11. The van der Waals surface area contributed by atoms with Gasteiger partial charge in [0.1, 0.15) is 23.9 Å². The van der Waals surface area contributed by atoms with Crippen LogP contribution in [0.3, 0.4) is 0 Å². The van der Waals surface area contributed by atoms with Crippen LogP contribution in [-0.4, -0.2) is 29.1 Å². The molecule has 0 saturated heterocycles. The Balaban J connectivity index is 1.17. The maximum atomic E-state index is 5.85. The van der Waals surface area contributed by atoms with Crippen LogP contribution in [0, 0.1) is 6.92 Å². The number of nitrogen functional groups attached to an aromatic ring is 1. The molecule has 0 aliphatic heterocycles. The predicted octanol–water partition coefficient (Wildman–Crippen LogP) is 5.08. The second-order valence-electron chi connectivity index (χ2n) is 7.70. The van der Waals surface area contributed by atoms with Gasteiger partial charge in [-0.15, -0.1) is 0 Å². The lowest BCUT2D eigenvalue weighted by molar-refractivity contribution is 0.247. The van der Waals surface area contributed by atoms with E-state index < -0.39 is 0 Å². The Morgan fingerprint density at radius 3 is 2.26 bits per heavy atom. The van der Waals surface area contributed by atoms with Gasteiger partial charge in [0, 0.05) is 6.42 Å². The van der Waals surface area contributed by atoms with Crippen molar-refractivity contribution >= 4 is 12.2 Å². The molecule has 0 aliphatic rings. The first-order valence-corrected chi connectivity index (χ1v) is 11.1. The van der Waals surface area contributed by atoms with E-state index in [4.69, 9.17) is 19.9 Å². The summed E-state index contributed by atoms with van der Waals surface area (Å²) in [6, 6.07) is 25.5. The lowest BCUT2D eigenvalue weighted by Gasteiger charge is -2.10. The fourth-order valence-electron chi connectivity index (χ4n) is 3.22. The average Bonchev–Trinajstić information content (AvgIpc) is 3.19. The third-order valence-electron chi connectivity index (χ3n) is 4.92. The van der Waals surface area contributed by atoms with Gasteiger partial charge < -0.3 is 19.9 Å². The molecule has 2 N–H and O–H groups in total. The van der Waals surface area contributed by atoms with Crippen LogP contribution in [-0.2, 0) is 6.61 Å². The molecule has 0 fully saturated rings. The molecule has 1 heterocycles. The third-order valence-corrected chi connectivity index (χ3v) is 4.92. The summed E-state index contributed by atoms with van der Waals surface area (Å²) in [5.74, 6) is 2.75. The number of hydrogen-bond acceptors (Lipinski definition) is 6. The van der Waals surface area contributed by atoms with Crippen LogP contribution in [0.1, 0.15) is 23.2 Å². The van der Waals surface area contributed by atoms with E-state index in [1.807, 2.05) is 85.8 Å². The summed E-state index contributed by atoms with van der Waals surface area (Å²) < 4.78 is 19.0. The van der Waals surface area contributed by atoms with Crippen LogP contribution >= 0.6 is 0 Å². The quantitative estimate of drug-likeness (QED) is 0.251. The van der Waals surface area contributed by atoms with Gasteiger partial charge in [-0.25, -0.2) is 9.66 Å². The summed E-state index contributed by atoms with van der Waals surface area (Å²) >= 11 is 0. The van der Waals surface area contributed by atoms with Gasteiger partial charge in [-0.1, -0.05) is 42.5 Å². The first-order valence-electron chi connectivity index (χ1n) is 11.1. The van der Waals surface area contributed by atoms with Gasteiger partial charge in [-0.05, 0) is 54.4 Å². The van der Waals surface area contributed by atoms with E-state index in [0.717, 1.165) is 40.5 Å². The van der Waals surface area contributed by atoms with Crippen molar-refractivity contribution in [3.05, 3.63) is 102 Å². The van der Waals surface area contributed by atoms with E-state index in [9.17, 15) is 0 Å². The molecule has 4 rings (SSSR count). The molecule has 7 heteroatoms. The topological polar surface area (TPSA) is 83.9 Å². The van der Waals surface area contributed by atoms with E-state index in [2.05, 4.69) is 10.1 Å². The standard InChI is InChI=1S/C27H28N4O3/c1-21-19-31(27(28)30-21)29-18-23-9-5-10-26(17-23)33-16-6-15-32-24-11-13-25(14-12-24)34-20-22-7-3-2-4-8-22/h2-5,7-14,17-19H,6,15-16,20H2,1H3,(H2,28,30). The summed E-state index contributed by atoms with van der Waals surface area (Å²) in [6.45, 7) is 3.52. The minimum Gasteiger partial charge on any atom is -0.493 e. The van der Waals surface area contributed by atoms with Crippen molar-refractivity contribution in [1.82, 2.24) is 9.66 Å². The lowest BCUT2D eigenvalue weighted by atomic mass is 10.2. The monoisotopic (exact) mass is 456 g/mol. The number of ether oxygens (including phenoxy) is 3. The Kier molecular flexibility index (Phi) is 7.79. The zero-order chi connectivity index (χ0) is 23.6. The van der Waals surface area contributed by atoms with Crippen molar-refractivity contribution in [2.45, 2.75) is 20.0 Å². The molecule has 0 bridgehead atoms. The molecule has 0 spiro atoms. The zero-order valence-electron chi connectivity index (χ0n) is 19.1. The fraction of sp³-hybridized carbons (Fsp3) is 0.185. The highest BCUT2D eigenvalue weighted by molar-refractivity contribution is 5.80. The fourth-order valence-corrected chi connectivity index (χ4v) is 3.22. The molecule has 0 saturated carbocycles. The Labute approximate surface area is 199 Å². The van der Waals surface area contributed by atoms with Crippen molar-refractivity contribution < 1.29 is 14.2 Å². The molecule has 3 aromatic carbocycles. The van der Waals surface area contributed by atoms with Crippen LogP contribution < -0.4 is 19.9 Å². The van der Waals surface area contributed by atoms with Gasteiger partial charge in [0.25, 0.3) is 0 Å². The second-order valence-corrected chi connectivity index (χ2v) is 7.70. The highest BCUT2D eigenvalue weighted by atomic mass is 16.5. The van der Waals surface area contributed by atoms with Gasteiger partial charge >= 0.3 is 0 Å². The molecule has 0 unspecified atom stereocenters. The lowest BCUT2D eigenvalue weighted by Crippen LogP contribution is -2.05. The number of anilines is 1. The Morgan fingerprint density at radius 1 is 0.853 bits per heavy atom. The van der Waals surface area contributed by atoms with Crippen LogP contribution in [0.25, 0.3) is 0 Å². The van der Waals surface area contributed by atoms with E-state index in [1.54, 1.807) is 17.1 Å². The first-order chi connectivity index (χ1) is 16.7. The van der Waals surface area contributed by atoms with Gasteiger partial charge in [-0.2, -0.15) is 5.10 Å². The minimum absolute atomic E-state index is 0.357. The van der Waals surface area contributed by atoms with Crippen molar-refractivity contribution in [3.8, 4) is 17.2 Å². The van der Waals surface area contributed by atoms with Crippen LogP contribution in [0.2, 0.25) is 0 Å². The van der Waals surface area contributed by atoms with Crippen molar-refractivity contribution in [2.75, 3.05) is 18.9 Å². The average molecular weight is 457 g/mol. The number of hydrogen-bond donors (Lipinski definition) is 1. The zero-order valence-corrected chi connectivity index (χ0v) is 19.1. The largest absolute Gasteiger partial charge is 0.493 e. The summed E-state index contributed by atoms with van der Waals surface area (Å²) in [5, 5.41) is 4.33. The van der Waals surface area contributed by atoms with Gasteiger partial charge in [-0.3, -0.25) is 0 Å². The number of aromatic nitrogens is 2. The smallest absolute Gasteiger partial charge is 0.221 e. The molecule has 1 aromatic heterocycles. The Hall–Kier alpha value is -4.26. The predicted molar refractivity (Wildman–Crippen MR) is 134 cm³/mol. The third kappa shape index (κ3) is 6.87. The highest BCUT2D eigenvalue weighted by Gasteiger charge is 2.01. The van der Waals surface area contributed by atoms with Gasteiger partial charge in [0.2, 0.25) is 5.95 Å². The maximum Gasteiger partial charge on any atom is 0.221 e. The van der Waals surface area contributed by atoms with Crippen LogP contribution in [0.5, 0.6) is 17.2 Å². The molecular weight excluding hydrogens is 428 g/mol. The van der Waals surface area contributed by atoms with E-state index in [-0.39, 0.29) is 0 Å². The van der Waals surface area contributed by atoms with Gasteiger partial charge in [0.15, 0.2) is 0 Å². The SMILES string of the molecule is Cc1cn(N=Cc2cccc(OCCCOc3ccc(OCc4ccccc4)cc3)c2)c(N)n1. The number of imidazole rings is 1. The molecular formula is C27H28N4O3. The summed E-state index contributed by atoms with van der Waals surface area (Å²) in [7, 11) is 0. The van der Waals surface area contributed by atoms with E-state index in [0.29, 0.717) is 25.8 Å². The number of nitrogens with two attached hydrogens (primary N) is 1. The summed E-state index contributed by atoms with van der Waals surface area (Å²) in [5.41, 5.74) is 8.68. The van der Waals surface area contributed by atoms with Crippen molar-refractivity contribution in [3.63, 3.8) is 0 Å². The van der Waals surface area contributed by atoms with Crippen LogP contribution in [0.4, 0.5) is 5.95 Å². The van der Waals surface area contributed by atoms with Crippen LogP contribution in [0.15, 0.2) is 90.2 Å². The number of aryl methyl sites for hydroxylation is 1. The minimum atomic E-state index is 0.357. The molecule has 34 heavy (non-hydrogen) atoms. The van der Waals surface area contributed by atoms with E-state index in [1.165, 1.54) is 0 Å². The highest BCUT2D eigenvalue weighted by Crippen LogP contribution is 2.19. The first kappa shape index (κ1) is 22.9. The molecule has 4 aromatic rings. The van der Waals surface area contributed by atoms with Crippen molar-refractivity contribution in [1.29, 1.82) is 0 Å². The molecule has 0 amide bonds. The molecule has 0 atom stereocenters. The summed E-state index contributed by atoms with van der Waals surface area (Å²) in [4.78, 5) is 4.13. The second kappa shape index (κ2) is 11.6. The molecule has 174 valence electrons. The molecule has 7 nitrogen and oxygen atoms in total. The maximum absolute atomic E-state index is 5.85.